The van der Waals surface area contributed by atoms with Crippen LogP contribution in [0.15, 0.2) is 182 Å². The van der Waals surface area contributed by atoms with Gasteiger partial charge in [0.25, 0.3) is 0 Å². The first-order valence-electron chi connectivity index (χ1n) is 23.2. The van der Waals surface area contributed by atoms with E-state index in [2.05, 4.69) is 182 Å². The fourth-order valence-corrected chi connectivity index (χ4v) is 13.6. The van der Waals surface area contributed by atoms with Gasteiger partial charge in [0.2, 0.25) is 0 Å². The fraction of sp³-hybridized carbons (Fsp3) is 0.183. The van der Waals surface area contributed by atoms with Crippen LogP contribution in [0, 0.1) is 17.8 Å². The summed E-state index contributed by atoms with van der Waals surface area (Å²) >= 11 is 0. The molecule has 6 aliphatic rings. The number of ether oxygens (including phenoxy) is 1. The molecule has 0 amide bonds. The highest BCUT2D eigenvalue weighted by Crippen LogP contribution is 2.64. The lowest BCUT2D eigenvalue weighted by molar-refractivity contribution is -0.00518. The predicted molar refractivity (Wildman–Crippen MR) is 256 cm³/mol. The molecule has 0 radical (unpaired) electrons. The maximum absolute atomic E-state index is 6.64. The summed E-state index contributed by atoms with van der Waals surface area (Å²) < 4.78 is 6.64. The second kappa shape index (κ2) is 13.7. The SMILES string of the molecule is c1ccc2c(c1)Oc1ccccc1C21c2ccccc2-c2c(-c3ccccc3-c3nc(-c4ccc(C56CC7CC(CC(C7)C5)C6)cc4)nc(-c4ccc5ccccc5c4)n3)cccc21. The lowest BCUT2D eigenvalue weighted by Crippen LogP contribution is -2.48. The number of hydrogen-bond donors (Lipinski definition) is 0. The molecule has 1 spiro atoms. The van der Waals surface area contributed by atoms with E-state index in [-0.39, 0.29) is 0 Å². The molecular formula is C60H45N3O. The van der Waals surface area contributed by atoms with Gasteiger partial charge in [0.1, 0.15) is 11.5 Å². The lowest BCUT2D eigenvalue weighted by Gasteiger charge is -2.57. The van der Waals surface area contributed by atoms with Gasteiger partial charge in [-0.2, -0.15) is 0 Å². The summed E-state index contributed by atoms with van der Waals surface area (Å²) in [6.45, 7) is 0. The number of aromatic nitrogens is 3. The molecule has 4 saturated carbocycles. The third kappa shape index (κ3) is 5.26. The Kier molecular flexibility index (Phi) is 7.76. The summed E-state index contributed by atoms with van der Waals surface area (Å²) in [6.07, 6.45) is 8.37. The molecule has 4 nitrogen and oxygen atoms in total. The normalized spacial score (nSPS) is 21.5. The Morgan fingerprint density at radius 3 is 1.61 bits per heavy atom. The molecule has 64 heavy (non-hydrogen) atoms. The van der Waals surface area contributed by atoms with E-state index in [9.17, 15) is 0 Å². The van der Waals surface area contributed by atoms with Crippen molar-refractivity contribution in [2.45, 2.75) is 49.4 Å². The minimum absolute atomic E-state index is 0.328. The molecule has 0 N–H and O–H groups in total. The van der Waals surface area contributed by atoms with Gasteiger partial charge in [0.05, 0.1) is 5.41 Å². The van der Waals surface area contributed by atoms with E-state index in [0.717, 1.165) is 73.6 Å². The van der Waals surface area contributed by atoms with Crippen LogP contribution in [0.4, 0.5) is 0 Å². The van der Waals surface area contributed by atoms with Gasteiger partial charge in [-0.05, 0) is 130 Å². The molecule has 2 heterocycles. The summed E-state index contributed by atoms with van der Waals surface area (Å²) in [6, 6.07) is 66.0. The third-order valence-corrected chi connectivity index (χ3v) is 15.8. The van der Waals surface area contributed by atoms with Crippen LogP contribution in [0.5, 0.6) is 11.5 Å². The number of hydrogen-bond acceptors (Lipinski definition) is 4. The van der Waals surface area contributed by atoms with Crippen LogP contribution >= 0.6 is 0 Å². The van der Waals surface area contributed by atoms with Gasteiger partial charge in [-0.3, -0.25) is 0 Å². The van der Waals surface area contributed by atoms with E-state index in [1.807, 2.05) is 0 Å². The summed E-state index contributed by atoms with van der Waals surface area (Å²) in [7, 11) is 0. The lowest BCUT2D eigenvalue weighted by atomic mass is 9.48. The zero-order chi connectivity index (χ0) is 42.0. The number of para-hydroxylation sites is 2. The van der Waals surface area contributed by atoms with Crippen molar-refractivity contribution >= 4 is 10.8 Å². The van der Waals surface area contributed by atoms with Gasteiger partial charge in [0, 0.05) is 27.8 Å². The van der Waals surface area contributed by atoms with Crippen LogP contribution < -0.4 is 4.74 Å². The molecular weight excluding hydrogens is 779 g/mol. The number of fused-ring (bicyclic) bond motifs is 10. The highest BCUT2D eigenvalue weighted by Gasteiger charge is 2.53. The Balaban J connectivity index is 0.955. The van der Waals surface area contributed by atoms with Crippen molar-refractivity contribution in [2.24, 2.45) is 17.8 Å². The van der Waals surface area contributed by atoms with Gasteiger partial charge in [-0.25, -0.2) is 15.0 Å². The Morgan fingerprint density at radius 1 is 0.391 bits per heavy atom. The second-order valence-electron chi connectivity index (χ2n) is 19.3. The Labute approximate surface area is 373 Å². The molecule has 8 aromatic carbocycles. The van der Waals surface area contributed by atoms with Crippen molar-refractivity contribution in [3.05, 3.63) is 210 Å². The third-order valence-electron chi connectivity index (χ3n) is 15.8. The van der Waals surface area contributed by atoms with Crippen molar-refractivity contribution in [3.63, 3.8) is 0 Å². The van der Waals surface area contributed by atoms with Crippen molar-refractivity contribution in [3.8, 4) is 67.9 Å². The van der Waals surface area contributed by atoms with E-state index >= 15 is 0 Å². The average Bonchev–Trinajstić information content (AvgIpc) is 3.64. The highest BCUT2D eigenvalue weighted by molar-refractivity contribution is 5.99. The molecule has 4 bridgehead atoms. The summed E-state index contributed by atoms with van der Waals surface area (Å²) in [5.41, 5.74) is 13.7. The van der Waals surface area contributed by atoms with E-state index in [1.54, 1.807) is 0 Å². The standard InChI is InChI=1S/C60H45N3O/c1-2-13-42-33-43(25-24-40(42)12-1)57-61-56(41-26-28-44(29-27-41)59-34-37-30-38(35-59)32-39(31-37)36-59)62-58(63-57)47-15-4-3-14-45(47)46-17-11-21-52-55(46)48-16-5-6-18-49(48)60(52)50-19-7-9-22-53(50)64-54-23-10-8-20-51(54)60/h1-29,33,37-39H,30-32,34-36H2. The first kappa shape index (κ1) is 36.3. The molecule has 1 aliphatic heterocycles. The topological polar surface area (TPSA) is 47.9 Å². The monoisotopic (exact) mass is 823 g/mol. The molecule has 4 heteroatoms. The first-order chi connectivity index (χ1) is 31.6. The molecule has 4 fully saturated rings. The zero-order valence-electron chi connectivity index (χ0n) is 35.5. The van der Waals surface area contributed by atoms with Crippen LogP contribution in [-0.4, -0.2) is 15.0 Å². The van der Waals surface area contributed by atoms with Crippen molar-refractivity contribution in [2.75, 3.05) is 0 Å². The first-order valence-corrected chi connectivity index (χ1v) is 23.2. The van der Waals surface area contributed by atoms with Crippen molar-refractivity contribution < 1.29 is 4.74 Å². The van der Waals surface area contributed by atoms with Gasteiger partial charge in [-0.1, -0.05) is 164 Å². The van der Waals surface area contributed by atoms with Gasteiger partial charge in [-0.15, -0.1) is 0 Å². The molecule has 0 saturated heterocycles. The van der Waals surface area contributed by atoms with Crippen LogP contribution in [0.3, 0.4) is 0 Å². The molecule has 9 aromatic rings. The van der Waals surface area contributed by atoms with E-state index in [4.69, 9.17) is 19.7 Å². The van der Waals surface area contributed by atoms with Crippen molar-refractivity contribution in [1.82, 2.24) is 15.0 Å². The average molecular weight is 824 g/mol. The number of benzene rings is 8. The molecule has 1 aromatic heterocycles. The van der Waals surface area contributed by atoms with Gasteiger partial charge < -0.3 is 4.74 Å². The van der Waals surface area contributed by atoms with E-state index in [1.165, 1.54) is 71.7 Å². The van der Waals surface area contributed by atoms with E-state index < -0.39 is 5.41 Å². The Morgan fingerprint density at radius 2 is 0.906 bits per heavy atom. The smallest absolute Gasteiger partial charge is 0.164 e. The van der Waals surface area contributed by atoms with Crippen LogP contribution in [-0.2, 0) is 10.8 Å². The van der Waals surface area contributed by atoms with E-state index in [0.29, 0.717) is 22.9 Å². The largest absolute Gasteiger partial charge is 0.457 e. The summed E-state index contributed by atoms with van der Waals surface area (Å²) in [4.78, 5) is 16.1. The van der Waals surface area contributed by atoms with Crippen molar-refractivity contribution in [1.29, 1.82) is 0 Å². The van der Waals surface area contributed by atoms with Crippen LogP contribution in [0.2, 0.25) is 0 Å². The minimum Gasteiger partial charge on any atom is -0.457 e. The quantitative estimate of drug-likeness (QED) is 0.173. The fourth-order valence-electron chi connectivity index (χ4n) is 13.6. The number of rotatable bonds is 5. The Bertz CT molecular complexity index is 3290. The molecule has 15 rings (SSSR count). The molecule has 0 unspecified atom stereocenters. The number of nitrogens with zero attached hydrogens (tertiary/aromatic N) is 3. The van der Waals surface area contributed by atoms with Crippen LogP contribution in [0.25, 0.3) is 67.2 Å². The summed E-state index contributed by atoms with van der Waals surface area (Å²) in [5, 5.41) is 2.35. The van der Waals surface area contributed by atoms with Crippen LogP contribution in [0.1, 0.15) is 66.3 Å². The maximum atomic E-state index is 6.64. The predicted octanol–water partition coefficient (Wildman–Crippen LogP) is 14.6. The van der Waals surface area contributed by atoms with Gasteiger partial charge >= 0.3 is 0 Å². The maximum Gasteiger partial charge on any atom is 0.164 e. The zero-order valence-corrected chi connectivity index (χ0v) is 35.5. The molecule has 0 atom stereocenters. The second-order valence-corrected chi connectivity index (χ2v) is 19.3. The molecule has 5 aliphatic carbocycles. The van der Waals surface area contributed by atoms with Gasteiger partial charge in [0.15, 0.2) is 17.5 Å². The minimum atomic E-state index is -0.561. The highest BCUT2D eigenvalue weighted by atomic mass is 16.5. The molecule has 306 valence electrons. The Hall–Kier alpha value is -7.17. The summed E-state index contributed by atoms with van der Waals surface area (Å²) in [5.74, 6) is 6.49.